The van der Waals surface area contributed by atoms with Crippen molar-refractivity contribution in [2.24, 2.45) is 5.73 Å². The van der Waals surface area contributed by atoms with Crippen LogP contribution in [0.1, 0.15) is 44.1 Å². The molecule has 0 spiro atoms. The summed E-state index contributed by atoms with van der Waals surface area (Å²) in [6.45, 7) is 1.29. The molecule has 0 saturated heterocycles. The van der Waals surface area contributed by atoms with Gasteiger partial charge in [0, 0.05) is 6.08 Å². The highest BCUT2D eigenvalue weighted by Crippen LogP contribution is 2.05. The maximum absolute atomic E-state index is 11.5. The Morgan fingerprint density at radius 3 is 2.29 bits per heavy atom. The lowest BCUT2D eigenvalue weighted by atomic mass is 10.1. The molecule has 118 valence electrons. The second-order valence-electron chi connectivity index (χ2n) is 4.82. The van der Waals surface area contributed by atoms with Gasteiger partial charge in [-0.3, -0.25) is 0 Å². The zero-order chi connectivity index (χ0) is 14.5. The van der Waals surface area contributed by atoms with Crippen molar-refractivity contribution in [1.29, 1.82) is 0 Å². The van der Waals surface area contributed by atoms with Crippen LogP contribution in [0.25, 0.3) is 6.08 Å². The van der Waals surface area contributed by atoms with Gasteiger partial charge >= 0.3 is 5.97 Å². The normalized spacial score (nSPS) is 10.3. The van der Waals surface area contributed by atoms with Gasteiger partial charge in [0.1, 0.15) is 0 Å². The SMILES string of the molecule is Cl.NCCCCCCCCOC(=O)/C=C/c1ccccc1. The van der Waals surface area contributed by atoms with Gasteiger partial charge in [0.05, 0.1) is 6.61 Å². The number of ether oxygens (including phenoxy) is 1. The maximum atomic E-state index is 11.5. The smallest absolute Gasteiger partial charge is 0.330 e. The minimum atomic E-state index is -0.267. The minimum absolute atomic E-state index is 0. The van der Waals surface area contributed by atoms with E-state index in [1.165, 1.54) is 25.3 Å². The molecule has 4 heteroatoms. The van der Waals surface area contributed by atoms with E-state index in [1.807, 2.05) is 30.3 Å². The van der Waals surface area contributed by atoms with Crippen LogP contribution in [0.5, 0.6) is 0 Å². The van der Waals surface area contributed by atoms with Crippen molar-refractivity contribution in [1.82, 2.24) is 0 Å². The number of nitrogens with two attached hydrogens (primary N) is 1. The van der Waals surface area contributed by atoms with E-state index in [2.05, 4.69) is 0 Å². The third-order valence-electron chi connectivity index (χ3n) is 3.05. The Hall–Kier alpha value is -1.32. The standard InChI is InChI=1S/C17H25NO2.ClH/c18-14-8-3-1-2-4-9-15-20-17(19)13-12-16-10-6-5-7-11-16;/h5-7,10-13H,1-4,8-9,14-15,18H2;1H/b13-12+;. The predicted octanol–water partition coefficient (Wildman–Crippen LogP) is 3.96. The van der Waals surface area contributed by atoms with Crippen LogP contribution >= 0.6 is 12.4 Å². The summed E-state index contributed by atoms with van der Waals surface area (Å²) in [5.74, 6) is -0.267. The second kappa shape index (κ2) is 13.7. The molecule has 0 unspecified atom stereocenters. The molecular formula is C17H26ClNO2. The third kappa shape index (κ3) is 11.1. The van der Waals surface area contributed by atoms with Crippen molar-refractivity contribution in [3.63, 3.8) is 0 Å². The average molecular weight is 312 g/mol. The highest BCUT2D eigenvalue weighted by molar-refractivity contribution is 5.87. The van der Waals surface area contributed by atoms with Crippen molar-refractivity contribution in [2.45, 2.75) is 38.5 Å². The lowest BCUT2D eigenvalue weighted by Gasteiger charge is -2.02. The molecule has 3 nitrogen and oxygen atoms in total. The Bertz CT molecular complexity index is 393. The van der Waals surface area contributed by atoms with Crippen molar-refractivity contribution in [2.75, 3.05) is 13.2 Å². The molecule has 0 aromatic heterocycles. The van der Waals surface area contributed by atoms with E-state index in [0.29, 0.717) is 6.61 Å². The molecule has 0 aliphatic carbocycles. The van der Waals surface area contributed by atoms with Gasteiger partial charge in [0.2, 0.25) is 0 Å². The maximum Gasteiger partial charge on any atom is 0.330 e. The van der Waals surface area contributed by atoms with Crippen molar-refractivity contribution >= 4 is 24.5 Å². The van der Waals surface area contributed by atoms with Crippen LogP contribution in [0.15, 0.2) is 36.4 Å². The molecular weight excluding hydrogens is 286 g/mol. The molecule has 0 bridgehead atoms. The quantitative estimate of drug-likeness (QED) is 0.404. The lowest BCUT2D eigenvalue weighted by molar-refractivity contribution is -0.137. The summed E-state index contributed by atoms with van der Waals surface area (Å²) >= 11 is 0. The molecule has 0 heterocycles. The van der Waals surface area contributed by atoms with Crippen LogP contribution in [0.4, 0.5) is 0 Å². The fourth-order valence-electron chi connectivity index (χ4n) is 1.90. The van der Waals surface area contributed by atoms with Crippen molar-refractivity contribution < 1.29 is 9.53 Å². The van der Waals surface area contributed by atoms with Gasteiger partial charge in [-0.1, -0.05) is 56.0 Å². The number of hydrogen-bond donors (Lipinski definition) is 1. The van der Waals surface area contributed by atoms with Gasteiger partial charge in [-0.15, -0.1) is 12.4 Å². The largest absolute Gasteiger partial charge is 0.463 e. The Labute approximate surface area is 134 Å². The first-order valence-corrected chi connectivity index (χ1v) is 7.43. The van der Waals surface area contributed by atoms with E-state index in [4.69, 9.17) is 10.5 Å². The third-order valence-corrected chi connectivity index (χ3v) is 3.05. The Morgan fingerprint density at radius 1 is 1.00 bits per heavy atom. The summed E-state index contributed by atoms with van der Waals surface area (Å²) < 4.78 is 5.15. The highest BCUT2D eigenvalue weighted by atomic mass is 35.5. The zero-order valence-corrected chi connectivity index (χ0v) is 13.3. The number of halogens is 1. The monoisotopic (exact) mass is 311 g/mol. The first kappa shape index (κ1) is 19.7. The van der Waals surface area contributed by atoms with E-state index in [1.54, 1.807) is 6.08 Å². The molecule has 0 saturated carbocycles. The fourth-order valence-corrected chi connectivity index (χ4v) is 1.90. The van der Waals surface area contributed by atoms with Gasteiger partial charge in [0.15, 0.2) is 0 Å². The number of benzene rings is 1. The average Bonchev–Trinajstić information content (AvgIpc) is 2.49. The van der Waals surface area contributed by atoms with E-state index in [-0.39, 0.29) is 18.4 Å². The zero-order valence-electron chi connectivity index (χ0n) is 12.5. The van der Waals surface area contributed by atoms with Crippen LogP contribution in [-0.4, -0.2) is 19.1 Å². The molecule has 0 aliphatic rings. The molecule has 0 amide bonds. The number of esters is 1. The number of rotatable bonds is 10. The molecule has 2 N–H and O–H groups in total. The molecule has 0 fully saturated rings. The lowest BCUT2D eigenvalue weighted by Crippen LogP contribution is -2.02. The predicted molar refractivity (Wildman–Crippen MR) is 90.4 cm³/mol. The molecule has 1 rings (SSSR count). The van der Waals surface area contributed by atoms with Crippen LogP contribution in [0.3, 0.4) is 0 Å². The van der Waals surface area contributed by atoms with Crippen LogP contribution in [0, 0.1) is 0 Å². The summed E-state index contributed by atoms with van der Waals surface area (Å²) in [6.07, 6.45) is 10.0. The summed E-state index contributed by atoms with van der Waals surface area (Å²) in [5.41, 5.74) is 6.43. The van der Waals surface area contributed by atoms with Crippen LogP contribution < -0.4 is 5.73 Å². The number of carbonyl (C=O) groups is 1. The summed E-state index contributed by atoms with van der Waals surface area (Å²) in [5, 5.41) is 0. The highest BCUT2D eigenvalue weighted by Gasteiger charge is 1.97. The van der Waals surface area contributed by atoms with E-state index >= 15 is 0 Å². The van der Waals surface area contributed by atoms with Crippen molar-refractivity contribution in [3.8, 4) is 0 Å². The minimum Gasteiger partial charge on any atom is -0.463 e. The molecule has 0 atom stereocenters. The number of carbonyl (C=O) groups excluding carboxylic acids is 1. The first-order valence-electron chi connectivity index (χ1n) is 7.43. The molecule has 0 aliphatic heterocycles. The number of unbranched alkanes of at least 4 members (excludes halogenated alkanes) is 5. The van der Waals surface area contributed by atoms with Gasteiger partial charge in [0.25, 0.3) is 0 Å². The van der Waals surface area contributed by atoms with Gasteiger partial charge in [-0.25, -0.2) is 4.79 Å². The molecule has 1 aromatic rings. The van der Waals surface area contributed by atoms with E-state index < -0.39 is 0 Å². The van der Waals surface area contributed by atoms with E-state index in [0.717, 1.165) is 31.4 Å². The second-order valence-corrected chi connectivity index (χ2v) is 4.82. The van der Waals surface area contributed by atoms with Gasteiger partial charge < -0.3 is 10.5 Å². The number of hydrogen-bond acceptors (Lipinski definition) is 3. The Morgan fingerprint density at radius 2 is 1.62 bits per heavy atom. The summed E-state index contributed by atoms with van der Waals surface area (Å²) in [4.78, 5) is 11.5. The molecule has 21 heavy (non-hydrogen) atoms. The topological polar surface area (TPSA) is 52.3 Å². The van der Waals surface area contributed by atoms with Crippen LogP contribution in [-0.2, 0) is 9.53 Å². The Balaban J connectivity index is 0.00000400. The fraction of sp³-hybridized carbons (Fsp3) is 0.471. The van der Waals surface area contributed by atoms with Gasteiger partial charge in [-0.2, -0.15) is 0 Å². The van der Waals surface area contributed by atoms with Crippen LogP contribution in [0.2, 0.25) is 0 Å². The summed E-state index contributed by atoms with van der Waals surface area (Å²) in [6, 6.07) is 9.73. The van der Waals surface area contributed by atoms with Crippen molar-refractivity contribution in [3.05, 3.63) is 42.0 Å². The summed E-state index contributed by atoms with van der Waals surface area (Å²) in [7, 11) is 0. The van der Waals surface area contributed by atoms with Gasteiger partial charge in [-0.05, 0) is 31.0 Å². The van der Waals surface area contributed by atoms with E-state index in [9.17, 15) is 4.79 Å². The first-order chi connectivity index (χ1) is 9.83. The molecule has 0 radical (unpaired) electrons. The Kier molecular flexibility index (Phi) is 12.8. The molecule has 1 aromatic carbocycles.